The third kappa shape index (κ3) is 3.63. The van der Waals surface area contributed by atoms with Crippen molar-refractivity contribution in [1.29, 1.82) is 0 Å². The number of nitrogens with one attached hydrogen (secondary N) is 1. The molecule has 1 fully saturated rings. The zero-order valence-corrected chi connectivity index (χ0v) is 12.6. The lowest BCUT2D eigenvalue weighted by molar-refractivity contribution is 0.344. The van der Waals surface area contributed by atoms with Crippen molar-refractivity contribution in [3.8, 4) is 0 Å². The molecule has 0 bridgehead atoms. The maximum absolute atomic E-state index is 6.08. The second-order valence-corrected chi connectivity index (χ2v) is 6.13. The highest BCUT2D eigenvalue weighted by Crippen LogP contribution is 2.39. The highest BCUT2D eigenvalue weighted by molar-refractivity contribution is 6.42. The Morgan fingerprint density at radius 2 is 2.00 bits per heavy atom. The average molecular weight is 286 g/mol. The van der Waals surface area contributed by atoms with Crippen LogP contribution in [0.5, 0.6) is 0 Å². The van der Waals surface area contributed by atoms with Crippen LogP contribution in [0.2, 0.25) is 10.0 Å². The summed E-state index contributed by atoms with van der Waals surface area (Å²) in [7, 11) is 0. The Bertz CT molecular complexity index is 401. The van der Waals surface area contributed by atoms with Gasteiger partial charge >= 0.3 is 0 Å². The van der Waals surface area contributed by atoms with Crippen molar-refractivity contribution in [3.05, 3.63) is 33.8 Å². The molecule has 1 aromatic rings. The van der Waals surface area contributed by atoms with E-state index in [4.69, 9.17) is 23.2 Å². The highest BCUT2D eigenvalue weighted by Gasteiger charge is 2.32. The van der Waals surface area contributed by atoms with Gasteiger partial charge in [-0.15, -0.1) is 0 Å². The second kappa shape index (κ2) is 6.27. The highest BCUT2D eigenvalue weighted by atomic mass is 35.5. The van der Waals surface area contributed by atoms with Crippen molar-refractivity contribution < 1.29 is 0 Å². The molecule has 3 heteroatoms. The summed E-state index contributed by atoms with van der Waals surface area (Å²) in [6.07, 6.45) is 3.82. The molecule has 0 aromatic heterocycles. The van der Waals surface area contributed by atoms with E-state index in [1.165, 1.54) is 18.4 Å². The summed E-state index contributed by atoms with van der Waals surface area (Å²) in [6, 6.07) is 6.51. The molecule has 2 rings (SSSR count). The van der Waals surface area contributed by atoms with Gasteiger partial charge in [-0.3, -0.25) is 0 Å². The first-order chi connectivity index (χ1) is 8.61. The maximum atomic E-state index is 6.08. The van der Waals surface area contributed by atoms with Crippen LogP contribution in [0.4, 0.5) is 0 Å². The van der Waals surface area contributed by atoms with Gasteiger partial charge in [-0.05, 0) is 55.3 Å². The number of likely N-dealkylation sites (N-methyl/N-ethyl adjacent to an activating group) is 1. The summed E-state index contributed by atoms with van der Waals surface area (Å²) in [6.45, 7) is 5.55. The van der Waals surface area contributed by atoms with E-state index in [1.807, 2.05) is 12.1 Å². The molecule has 1 aromatic carbocycles. The molecule has 1 nitrogen and oxygen atoms in total. The van der Waals surface area contributed by atoms with Crippen molar-refractivity contribution in [2.24, 2.45) is 11.8 Å². The van der Waals surface area contributed by atoms with E-state index in [0.29, 0.717) is 16.1 Å². The monoisotopic (exact) mass is 285 g/mol. The van der Waals surface area contributed by atoms with Gasteiger partial charge in [0, 0.05) is 6.04 Å². The largest absolute Gasteiger partial charge is 0.314 e. The van der Waals surface area contributed by atoms with Gasteiger partial charge < -0.3 is 5.32 Å². The lowest BCUT2D eigenvalue weighted by Crippen LogP contribution is -2.37. The molecule has 0 aliphatic heterocycles. The molecule has 0 spiro atoms. The van der Waals surface area contributed by atoms with Crippen LogP contribution in [0, 0.1) is 11.8 Å². The van der Waals surface area contributed by atoms with Crippen LogP contribution < -0.4 is 5.32 Å². The van der Waals surface area contributed by atoms with Crippen LogP contribution in [0.25, 0.3) is 0 Å². The Kier molecular flexibility index (Phi) is 4.94. The maximum Gasteiger partial charge on any atom is 0.0595 e. The number of benzene rings is 1. The molecule has 1 aliphatic rings. The van der Waals surface area contributed by atoms with Gasteiger partial charge in [0.2, 0.25) is 0 Å². The van der Waals surface area contributed by atoms with Crippen LogP contribution >= 0.6 is 23.2 Å². The van der Waals surface area contributed by atoms with Gasteiger partial charge in [0.1, 0.15) is 0 Å². The average Bonchev–Trinajstić information content (AvgIpc) is 3.16. The summed E-state index contributed by atoms with van der Waals surface area (Å²) in [5.74, 6) is 1.65. The molecule has 0 heterocycles. The lowest BCUT2D eigenvalue weighted by Gasteiger charge is -2.25. The van der Waals surface area contributed by atoms with Crippen molar-refractivity contribution >= 4 is 23.2 Å². The number of halogens is 2. The zero-order chi connectivity index (χ0) is 13.1. The van der Waals surface area contributed by atoms with E-state index in [9.17, 15) is 0 Å². The summed E-state index contributed by atoms with van der Waals surface area (Å²) in [5.41, 5.74) is 1.27. The Morgan fingerprint density at radius 3 is 2.56 bits per heavy atom. The minimum Gasteiger partial charge on any atom is -0.314 e. The second-order valence-electron chi connectivity index (χ2n) is 5.31. The molecule has 0 amide bonds. The minimum atomic E-state index is 0.541. The summed E-state index contributed by atoms with van der Waals surface area (Å²) in [4.78, 5) is 0. The van der Waals surface area contributed by atoms with Gasteiger partial charge in [0.05, 0.1) is 10.0 Å². The van der Waals surface area contributed by atoms with Gasteiger partial charge in [0.25, 0.3) is 0 Å². The summed E-state index contributed by atoms with van der Waals surface area (Å²) >= 11 is 12.0. The molecule has 0 radical (unpaired) electrons. The fraction of sp³-hybridized carbons (Fsp3) is 0.600. The van der Waals surface area contributed by atoms with Crippen LogP contribution in [0.1, 0.15) is 32.3 Å². The molecule has 2 atom stereocenters. The van der Waals surface area contributed by atoms with Crippen molar-refractivity contribution in [3.63, 3.8) is 0 Å². The van der Waals surface area contributed by atoms with Crippen LogP contribution in [0.3, 0.4) is 0 Å². The van der Waals surface area contributed by atoms with E-state index in [0.717, 1.165) is 24.8 Å². The summed E-state index contributed by atoms with van der Waals surface area (Å²) < 4.78 is 0. The van der Waals surface area contributed by atoms with Gasteiger partial charge in [-0.25, -0.2) is 0 Å². The first kappa shape index (κ1) is 14.2. The fourth-order valence-corrected chi connectivity index (χ4v) is 2.90. The predicted octanol–water partition coefficient (Wildman–Crippen LogP) is 4.56. The number of hydrogen-bond acceptors (Lipinski definition) is 1. The Hall–Kier alpha value is -0.240. The molecule has 1 saturated carbocycles. The smallest absolute Gasteiger partial charge is 0.0595 e. The Balaban J connectivity index is 2.04. The quantitative estimate of drug-likeness (QED) is 0.808. The molecular formula is C15H21Cl2N. The van der Waals surface area contributed by atoms with Gasteiger partial charge in [0.15, 0.2) is 0 Å². The Morgan fingerprint density at radius 1 is 1.28 bits per heavy atom. The molecule has 2 unspecified atom stereocenters. The molecule has 1 N–H and O–H groups in total. The van der Waals surface area contributed by atoms with Crippen LogP contribution in [-0.4, -0.2) is 12.6 Å². The van der Waals surface area contributed by atoms with Crippen molar-refractivity contribution in [1.82, 2.24) is 5.32 Å². The van der Waals surface area contributed by atoms with Gasteiger partial charge in [-0.1, -0.05) is 43.1 Å². The van der Waals surface area contributed by atoms with E-state index in [2.05, 4.69) is 25.2 Å². The van der Waals surface area contributed by atoms with E-state index >= 15 is 0 Å². The summed E-state index contributed by atoms with van der Waals surface area (Å²) in [5, 5.41) is 4.90. The first-order valence-corrected chi connectivity index (χ1v) is 7.54. The van der Waals surface area contributed by atoms with Crippen LogP contribution in [0.15, 0.2) is 18.2 Å². The first-order valence-electron chi connectivity index (χ1n) is 6.79. The van der Waals surface area contributed by atoms with Gasteiger partial charge in [-0.2, -0.15) is 0 Å². The standard InChI is InChI=1S/C15H21Cl2N/c1-3-18-15(10(2)12-5-6-12)9-11-4-7-13(16)14(17)8-11/h4,7-8,10,12,15,18H,3,5-6,9H2,1-2H3. The normalized spacial score (nSPS) is 18.7. The van der Waals surface area contributed by atoms with Crippen molar-refractivity contribution in [2.75, 3.05) is 6.54 Å². The zero-order valence-electron chi connectivity index (χ0n) is 11.0. The van der Waals surface area contributed by atoms with E-state index in [-0.39, 0.29) is 0 Å². The predicted molar refractivity (Wildman–Crippen MR) is 79.5 cm³/mol. The van der Waals surface area contributed by atoms with E-state index < -0.39 is 0 Å². The van der Waals surface area contributed by atoms with Crippen LogP contribution in [-0.2, 0) is 6.42 Å². The number of rotatable bonds is 6. The SMILES string of the molecule is CCNC(Cc1ccc(Cl)c(Cl)c1)C(C)C1CC1. The molecule has 1 aliphatic carbocycles. The third-order valence-corrected chi connectivity index (χ3v) is 4.65. The third-order valence-electron chi connectivity index (χ3n) is 3.91. The fourth-order valence-electron chi connectivity index (χ4n) is 2.58. The molecule has 0 saturated heterocycles. The minimum absolute atomic E-state index is 0.541. The lowest BCUT2D eigenvalue weighted by atomic mass is 9.91. The molecule has 18 heavy (non-hydrogen) atoms. The molecular weight excluding hydrogens is 265 g/mol. The van der Waals surface area contributed by atoms with E-state index in [1.54, 1.807) is 0 Å². The number of hydrogen-bond donors (Lipinski definition) is 1. The van der Waals surface area contributed by atoms with Crippen molar-refractivity contribution in [2.45, 2.75) is 39.2 Å². The molecule has 100 valence electrons. The topological polar surface area (TPSA) is 12.0 Å². The Labute approximate surface area is 120 Å².